The van der Waals surface area contributed by atoms with E-state index in [4.69, 9.17) is 11.6 Å². The van der Waals surface area contributed by atoms with Gasteiger partial charge in [-0.15, -0.1) is 11.3 Å². The highest BCUT2D eigenvalue weighted by atomic mass is 35.5. The van der Waals surface area contributed by atoms with E-state index in [9.17, 15) is 0 Å². The molecule has 3 rings (SSSR count). The lowest BCUT2D eigenvalue weighted by Gasteiger charge is -2.07. The molecule has 2 aromatic heterocycles. The zero-order chi connectivity index (χ0) is 13.9. The molecule has 102 valence electrons. The van der Waals surface area contributed by atoms with E-state index in [2.05, 4.69) is 27.9 Å². The van der Waals surface area contributed by atoms with Crippen LogP contribution in [0.15, 0.2) is 30.6 Å². The molecule has 0 unspecified atom stereocenters. The summed E-state index contributed by atoms with van der Waals surface area (Å²) in [5, 5.41) is 1.64. The van der Waals surface area contributed by atoms with Gasteiger partial charge in [-0.3, -0.25) is 0 Å². The van der Waals surface area contributed by atoms with Gasteiger partial charge in [-0.1, -0.05) is 37.1 Å². The van der Waals surface area contributed by atoms with Crippen molar-refractivity contribution < 1.29 is 0 Å². The number of halogens is 1. The fourth-order valence-electron chi connectivity index (χ4n) is 2.21. The van der Waals surface area contributed by atoms with Gasteiger partial charge in [-0.05, 0) is 18.6 Å². The molecule has 0 saturated heterocycles. The van der Waals surface area contributed by atoms with Gasteiger partial charge in [0.1, 0.15) is 11.5 Å². The molecule has 5 heteroatoms. The molecule has 0 aliphatic rings. The van der Waals surface area contributed by atoms with Crippen molar-refractivity contribution in [1.82, 2.24) is 15.0 Å². The molecule has 0 saturated carbocycles. The number of aromatic nitrogens is 3. The van der Waals surface area contributed by atoms with Crippen LogP contribution in [0.5, 0.6) is 0 Å². The summed E-state index contributed by atoms with van der Waals surface area (Å²) in [5.74, 6) is 0. The molecule has 0 spiro atoms. The first-order valence-corrected chi connectivity index (χ1v) is 7.80. The van der Waals surface area contributed by atoms with Gasteiger partial charge in [-0.2, -0.15) is 0 Å². The average Bonchev–Trinajstić information content (AvgIpc) is 2.85. The Morgan fingerprint density at radius 3 is 2.85 bits per heavy atom. The number of nitrogens with zero attached hydrogens (tertiary/aromatic N) is 3. The van der Waals surface area contributed by atoms with Gasteiger partial charge in [0.05, 0.1) is 20.9 Å². The van der Waals surface area contributed by atoms with Gasteiger partial charge in [-0.25, -0.2) is 15.0 Å². The summed E-state index contributed by atoms with van der Waals surface area (Å²) in [6, 6.07) is 8.18. The van der Waals surface area contributed by atoms with Gasteiger partial charge < -0.3 is 0 Å². The predicted molar refractivity (Wildman–Crippen MR) is 83.5 cm³/mol. The molecule has 0 fully saturated rings. The Labute approximate surface area is 126 Å². The fraction of sp³-hybridized carbons (Fsp3) is 0.267. The van der Waals surface area contributed by atoms with Gasteiger partial charge >= 0.3 is 0 Å². The standard InChI is InChI=1S/C15H14ClN3S/c1-2-5-10-12(17-9-18-15(10)16)8-14-19-11-6-3-4-7-13(11)20-14/h3-4,6-7,9H,2,5,8H2,1H3. The molecule has 0 aliphatic carbocycles. The summed E-state index contributed by atoms with van der Waals surface area (Å²) in [6.45, 7) is 2.13. The molecule has 0 N–H and O–H groups in total. The van der Waals surface area contributed by atoms with Gasteiger partial charge in [0.2, 0.25) is 0 Å². The molecule has 3 nitrogen and oxygen atoms in total. The van der Waals surface area contributed by atoms with E-state index < -0.39 is 0 Å². The van der Waals surface area contributed by atoms with E-state index in [1.54, 1.807) is 11.3 Å². The summed E-state index contributed by atoms with van der Waals surface area (Å²) in [4.78, 5) is 13.1. The summed E-state index contributed by atoms with van der Waals surface area (Å²) in [6.07, 6.45) is 4.18. The van der Waals surface area contributed by atoms with Crippen molar-refractivity contribution in [2.75, 3.05) is 0 Å². The van der Waals surface area contributed by atoms with Crippen LogP contribution in [-0.2, 0) is 12.8 Å². The molecule has 0 atom stereocenters. The Kier molecular flexibility index (Phi) is 3.94. The Hall–Kier alpha value is -1.52. The third-order valence-corrected chi connectivity index (χ3v) is 4.50. The smallest absolute Gasteiger partial charge is 0.135 e. The Morgan fingerprint density at radius 1 is 1.20 bits per heavy atom. The molecule has 0 aliphatic heterocycles. The minimum atomic E-state index is 0.568. The number of fused-ring (bicyclic) bond motifs is 1. The van der Waals surface area contributed by atoms with E-state index in [1.807, 2.05) is 18.2 Å². The fourth-order valence-corrected chi connectivity index (χ4v) is 3.43. The van der Waals surface area contributed by atoms with Crippen LogP contribution in [0.4, 0.5) is 0 Å². The topological polar surface area (TPSA) is 38.7 Å². The number of hydrogen-bond acceptors (Lipinski definition) is 4. The molecular weight excluding hydrogens is 290 g/mol. The first-order valence-electron chi connectivity index (χ1n) is 6.60. The third-order valence-electron chi connectivity index (χ3n) is 3.14. The number of rotatable bonds is 4. The normalized spacial score (nSPS) is 11.1. The maximum atomic E-state index is 6.18. The van der Waals surface area contributed by atoms with E-state index in [1.165, 1.54) is 11.0 Å². The molecule has 2 heterocycles. The molecule has 0 amide bonds. The maximum absolute atomic E-state index is 6.18. The summed E-state index contributed by atoms with van der Waals surface area (Å²) in [7, 11) is 0. The second-order valence-electron chi connectivity index (χ2n) is 4.59. The second-order valence-corrected chi connectivity index (χ2v) is 6.07. The van der Waals surface area contributed by atoms with Crippen molar-refractivity contribution in [2.45, 2.75) is 26.2 Å². The number of benzene rings is 1. The maximum Gasteiger partial charge on any atom is 0.135 e. The van der Waals surface area contributed by atoms with Gasteiger partial charge in [0.25, 0.3) is 0 Å². The van der Waals surface area contributed by atoms with Crippen molar-refractivity contribution in [3.63, 3.8) is 0 Å². The second kappa shape index (κ2) is 5.85. The largest absolute Gasteiger partial charge is 0.241 e. The highest BCUT2D eigenvalue weighted by Crippen LogP contribution is 2.25. The monoisotopic (exact) mass is 303 g/mol. The van der Waals surface area contributed by atoms with Crippen molar-refractivity contribution in [3.8, 4) is 0 Å². The Bertz CT molecular complexity index is 706. The van der Waals surface area contributed by atoms with E-state index in [0.29, 0.717) is 5.15 Å². The first kappa shape index (κ1) is 13.5. The van der Waals surface area contributed by atoms with Crippen molar-refractivity contribution in [1.29, 1.82) is 0 Å². The van der Waals surface area contributed by atoms with Crippen LogP contribution in [0.1, 0.15) is 29.6 Å². The SMILES string of the molecule is CCCc1c(Cl)ncnc1Cc1nc2ccccc2s1. The number of thiazole rings is 1. The van der Waals surface area contributed by atoms with Gasteiger partial charge in [0, 0.05) is 12.0 Å². The molecule has 0 bridgehead atoms. The minimum absolute atomic E-state index is 0.568. The molecule has 1 aromatic carbocycles. The lowest BCUT2D eigenvalue weighted by Crippen LogP contribution is -2.01. The van der Waals surface area contributed by atoms with Crippen LogP contribution < -0.4 is 0 Å². The van der Waals surface area contributed by atoms with Crippen LogP contribution in [-0.4, -0.2) is 15.0 Å². The van der Waals surface area contributed by atoms with Gasteiger partial charge in [0.15, 0.2) is 0 Å². The molecular formula is C15H14ClN3S. The number of para-hydroxylation sites is 1. The highest BCUT2D eigenvalue weighted by Gasteiger charge is 2.12. The predicted octanol–water partition coefficient (Wildman–Crippen LogP) is 4.28. The summed E-state index contributed by atoms with van der Waals surface area (Å²) < 4.78 is 1.21. The zero-order valence-corrected chi connectivity index (χ0v) is 12.7. The van der Waals surface area contributed by atoms with Crippen molar-refractivity contribution >= 4 is 33.2 Å². The highest BCUT2D eigenvalue weighted by molar-refractivity contribution is 7.18. The molecule has 0 radical (unpaired) electrons. The Morgan fingerprint density at radius 2 is 2.05 bits per heavy atom. The van der Waals surface area contributed by atoms with Crippen LogP contribution in [0.3, 0.4) is 0 Å². The number of hydrogen-bond donors (Lipinski definition) is 0. The lowest BCUT2D eigenvalue weighted by molar-refractivity contribution is 0.865. The Balaban J connectivity index is 1.96. The van der Waals surface area contributed by atoms with Crippen LogP contribution in [0, 0.1) is 0 Å². The lowest BCUT2D eigenvalue weighted by atomic mass is 10.1. The van der Waals surface area contributed by atoms with E-state index in [-0.39, 0.29) is 0 Å². The summed E-state index contributed by atoms with van der Waals surface area (Å²) in [5.41, 5.74) is 3.09. The zero-order valence-electron chi connectivity index (χ0n) is 11.1. The van der Waals surface area contributed by atoms with Crippen LogP contribution >= 0.6 is 22.9 Å². The minimum Gasteiger partial charge on any atom is -0.241 e. The van der Waals surface area contributed by atoms with E-state index >= 15 is 0 Å². The average molecular weight is 304 g/mol. The van der Waals surface area contributed by atoms with E-state index in [0.717, 1.165) is 41.0 Å². The third kappa shape index (κ3) is 2.67. The van der Waals surface area contributed by atoms with Crippen molar-refractivity contribution in [2.24, 2.45) is 0 Å². The summed E-state index contributed by atoms with van der Waals surface area (Å²) >= 11 is 7.90. The van der Waals surface area contributed by atoms with Crippen LogP contribution in [0.25, 0.3) is 10.2 Å². The molecule has 3 aromatic rings. The first-order chi connectivity index (χ1) is 9.78. The quantitative estimate of drug-likeness (QED) is 0.675. The van der Waals surface area contributed by atoms with Crippen molar-refractivity contribution in [3.05, 3.63) is 52.0 Å². The molecule has 20 heavy (non-hydrogen) atoms. The van der Waals surface area contributed by atoms with Crippen LogP contribution in [0.2, 0.25) is 5.15 Å².